The highest BCUT2D eigenvalue weighted by atomic mass is 35.5. The number of hydrogen-bond donors (Lipinski definition) is 0. The zero-order valence-electron chi connectivity index (χ0n) is 8.91. The van der Waals surface area contributed by atoms with Gasteiger partial charge in [-0.2, -0.15) is 5.10 Å². The molecule has 0 radical (unpaired) electrons. The van der Waals surface area contributed by atoms with E-state index in [2.05, 4.69) is 5.10 Å². The zero-order chi connectivity index (χ0) is 10.9. The third-order valence-corrected chi connectivity index (χ3v) is 2.82. The number of Topliss-reactive ketones (excluding diaryl/α,β-unsaturated/α-hetero) is 1. The topological polar surface area (TPSA) is 34.9 Å². The van der Waals surface area contributed by atoms with Crippen LogP contribution in [-0.2, 0) is 7.05 Å². The largest absolute Gasteiger partial charge is 0.292 e. The van der Waals surface area contributed by atoms with E-state index in [9.17, 15) is 4.79 Å². The van der Waals surface area contributed by atoms with Crippen molar-refractivity contribution in [2.45, 2.75) is 20.8 Å². The molecule has 0 saturated heterocycles. The number of aromatic nitrogens is 2. The summed E-state index contributed by atoms with van der Waals surface area (Å²) in [7, 11) is 1.73. The van der Waals surface area contributed by atoms with E-state index in [4.69, 9.17) is 11.6 Å². The van der Waals surface area contributed by atoms with E-state index in [0.29, 0.717) is 16.6 Å². The van der Waals surface area contributed by atoms with Crippen molar-refractivity contribution < 1.29 is 4.79 Å². The molecule has 0 fully saturated rings. The van der Waals surface area contributed by atoms with Gasteiger partial charge in [0.15, 0.2) is 5.78 Å². The number of carbonyl (C=O) groups excluding carboxylic acids is 1. The lowest BCUT2D eigenvalue weighted by atomic mass is 9.92. The first kappa shape index (κ1) is 11.2. The molecule has 0 spiro atoms. The summed E-state index contributed by atoms with van der Waals surface area (Å²) < 4.78 is 1.53. The molecule has 0 saturated carbocycles. The Bertz CT molecular complexity index is 324. The van der Waals surface area contributed by atoms with Crippen molar-refractivity contribution in [2.75, 3.05) is 0 Å². The van der Waals surface area contributed by atoms with E-state index in [-0.39, 0.29) is 11.7 Å². The molecule has 0 aliphatic rings. The fourth-order valence-electron chi connectivity index (χ4n) is 1.21. The highest BCUT2D eigenvalue weighted by Gasteiger charge is 2.23. The van der Waals surface area contributed by atoms with Crippen LogP contribution < -0.4 is 0 Å². The lowest BCUT2D eigenvalue weighted by molar-refractivity contribution is 0.0890. The molecule has 1 rings (SSSR count). The molecule has 0 amide bonds. The van der Waals surface area contributed by atoms with Gasteiger partial charge in [-0.15, -0.1) is 0 Å². The summed E-state index contributed by atoms with van der Waals surface area (Å²) in [5.41, 5.74) is 0.507. The van der Waals surface area contributed by atoms with E-state index in [1.54, 1.807) is 7.05 Å². The lowest BCUT2D eigenvalue weighted by Gasteiger charge is -2.14. The van der Waals surface area contributed by atoms with Crippen LogP contribution >= 0.6 is 11.6 Å². The number of rotatable bonds is 3. The van der Waals surface area contributed by atoms with Crippen molar-refractivity contribution in [3.63, 3.8) is 0 Å². The molecule has 0 N–H and O–H groups in total. The maximum absolute atomic E-state index is 11.9. The van der Waals surface area contributed by atoms with Crippen LogP contribution in [0.25, 0.3) is 0 Å². The highest BCUT2D eigenvalue weighted by molar-refractivity contribution is 6.33. The molecule has 3 nitrogen and oxygen atoms in total. The van der Waals surface area contributed by atoms with Crippen LogP contribution in [0, 0.1) is 11.8 Å². The second-order valence-corrected chi connectivity index (χ2v) is 4.27. The van der Waals surface area contributed by atoms with Crippen LogP contribution in [-0.4, -0.2) is 15.6 Å². The van der Waals surface area contributed by atoms with Gasteiger partial charge in [0.25, 0.3) is 0 Å². The average molecular weight is 215 g/mol. The summed E-state index contributed by atoms with van der Waals surface area (Å²) in [4.78, 5) is 11.9. The van der Waals surface area contributed by atoms with Crippen molar-refractivity contribution in [3.8, 4) is 0 Å². The zero-order valence-corrected chi connectivity index (χ0v) is 9.67. The smallest absolute Gasteiger partial charge is 0.185 e. The molecule has 78 valence electrons. The predicted molar refractivity (Wildman–Crippen MR) is 56.6 cm³/mol. The minimum Gasteiger partial charge on any atom is -0.292 e. The number of nitrogens with zero attached hydrogens (tertiary/aromatic N) is 2. The third-order valence-electron chi connectivity index (χ3n) is 2.54. The fourth-order valence-corrected chi connectivity index (χ4v) is 1.47. The number of hydrogen-bond acceptors (Lipinski definition) is 2. The molecule has 1 unspecified atom stereocenters. The Morgan fingerprint density at radius 1 is 1.50 bits per heavy atom. The monoisotopic (exact) mass is 214 g/mol. The minimum atomic E-state index is -0.0251. The SMILES string of the molecule is CC(C)C(C)C(=O)c1c(Cl)cnn1C. The van der Waals surface area contributed by atoms with E-state index in [1.165, 1.54) is 10.9 Å². The molecule has 1 aromatic rings. The van der Waals surface area contributed by atoms with Gasteiger partial charge in [0.2, 0.25) is 0 Å². The van der Waals surface area contributed by atoms with Gasteiger partial charge >= 0.3 is 0 Å². The molecule has 0 aliphatic carbocycles. The molecular formula is C10H15ClN2O. The molecule has 1 atom stereocenters. The predicted octanol–water partition coefficient (Wildman–Crippen LogP) is 2.55. The van der Waals surface area contributed by atoms with E-state index < -0.39 is 0 Å². The number of aryl methyl sites for hydroxylation is 1. The van der Waals surface area contributed by atoms with Crippen LogP contribution in [0.15, 0.2) is 6.20 Å². The van der Waals surface area contributed by atoms with Gasteiger partial charge in [0.1, 0.15) is 5.69 Å². The molecular weight excluding hydrogens is 200 g/mol. The van der Waals surface area contributed by atoms with Crippen molar-refractivity contribution in [3.05, 3.63) is 16.9 Å². The molecule has 0 aromatic carbocycles. The molecule has 0 aliphatic heterocycles. The maximum atomic E-state index is 11.9. The Kier molecular flexibility index (Phi) is 3.32. The summed E-state index contributed by atoms with van der Waals surface area (Å²) >= 11 is 5.88. The molecule has 1 heterocycles. The van der Waals surface area contributed by atoms with Crippen molar-refractivity contribution >= 4 is 17.4 Å². The van der Waals surface area contributed by atoms with Gasteiger partial charge in [-0.3, -0.25) is 9.48 Å². The van der Waals surface area contributed by atoms with Crippen LogP contribution in [0.4, 0.5) is 0 Å². The molecule has 1 aromatic heterocycles. The fraction of sp³-hybridized carbons (Fsp3) is 0.600. The van der Waals surface area contributed by atoms with Crippen LogP contribution in [0.5, 0.6) is 0 Å². The summed E-state index contributed by atoms with van der Waals surface area (Å²) in [5.74, 6) is 0.348. The molecule has 4 heteroatoms. The van der Waals surface area contributed by atoms with Crippen LogP contribution in [0.1, 0.15) is 31.3 Å². The minimum absolute atomic E-state index is 0.0251. The maximum Gasteiger partial charge on any atom is 0.185 e. The second-order valence-electron chi connectivity index (χ2n) is 3.86. The van der Waals surface area contributed by atoms with Crippen molar-refractivity contribution in [2.24, 2.45) is 18.9 Å². The number of halogens is 1. The summed E-state index contributed by atoms with van der Waals surface area (Å²) in [6.45, 7) is 5.95. The van der Waals surface area contributed by atoms with Gasteiger partial charge < -0.3 is 0 Å². The Morgan fingerprint density at radius 3 is 2.43 bits per heavy atom. The van der Waals surface area contributed by atoms with E-state index >= 15 is 0 Å². The molecule has 14 heavy (non-hydrogen) atoms. The van der Waals surface area contributed by atoms with Crippen LogP contribution in [0.2, 0.25) is 5.02 Å². The van der Waals surface area contributed by atoms with E-state index in [0.717, 1.165) is 0 Å². The first-order chi connectivity index (χ1) is 6.45. The summed E-state index contributed by atoms with van der Waals surface area (Å²) in [6.07, 6.45) is 1.50. The Balaban J connectivity index is 3.00. The summed E-state index contributed by atoms with van der Waals surface area (Å²) in [5, 5.41) is 4.38. The highest BCUT2D eigenvalue weighted by Crippen LogP contribution is 2.21. The standard InChI is InChI=1S/C10H15ClN2O/c1-6(2)7(3)10(14)9-8(11)5-12-13(9)4/h5-7H,1-4H3. The third kappa shape index (κ3) is 1.98. The quantitative estimate of drug-likeness (QED) is 0.725. The Morgan fingerprint density at radius 2 is 2.07 bits per heavy atom. The summed E-state index contributed by atoms with van der Waals surface area (Å²) in [6, 6.07) is 0. The van der Waals surface area contributed by atoms with Gasteiger partial charge in [-0.1, -0.05) is 32.4 Å². The van der Waals surface area contributed by atoms with Gasteiger partial charge in [-0.25, -0.2) is 0 Å². The van der Waals surface area contributed by atoms with Gasteiger partial charge in [0.05, 0.1) is 11.2 Å². The van der Waals surface area contributed by atoms with Crippen molar-refractivity contribution in [1.29, 1.82) is 0 Å². The van der Waals surface area contributed by atoms with Gasteiger partial charge in [-0.05, 0) is 5.92 Å². The first-order valence-electron chi connectivity index (χ1n) is 4.66. The Hall–Kier alpha value is -0.830. The molecule has 0 bridgehead atoms. The Labute approximate surface area is 89.1 Å². The average Bonchev–Trinajstić information content (AvgIpc) is 2.44. The van der Waals surface area contributed by atoms with Gasteiger partial charge in [0, 0.05) is 13.0 Å². The second kappa shape index (κ2) is 4.13. The van der Waals surface area contributed by atoms with E-state index in [1.807, 2.05) is 20.8 Å². The normalized spacial score (nSPS) is 13.3. The number of ketones is 1. The first-order valence-corrected chi connectivity index (χ1v) is 5.04. The number of carbonyl (C=O) groups is 1. The lowest BCUT2D eigenvalue weighted by Crippen LogP contribution is -2.20. The van der Waals surface area contributed by atoms with Crippen molar-refractivity contribution in [1.82, 2.24) is 9.78 Å². The van der Waals surface area contributed by atoms with Crippen LogP contribution in [0.3, 0.4) is 0 Å².